The van der Waals surface area contributed by atoms with Gasteiger partial charge in [-0.05, 0) is 42.8 Å². The van der Waals surface area contributed by atoms with Gasteiger partial charge in [-0.15, -0.1) is 0 Å². The van der Waals surface area contributed by atoms with Gasteiger partial charge in [0, 0.05) is 11.1 Å². The van der Waals surface area contributed by atoms with Crippen LogP contribution in [0.3, 0.4) is 0 Å². The third kappa shape index (κ3) is 6.04. The van der Waals surface area contributed by atoms with Crippen molar-refractivity contribution in [3.05, 3.63) is 89.6 Å². The maximum absolute atomic E-state index is 13.0. The number of ether oxygens (including phenoxy) is 3. The second kappa shape index (κ2) is 11.1. The highest BCUT2D eigenvalue weighted by molar-refractivity contribution is 7.92. The van der Waals surface area contributed by atoms with Crippen LogP contribution in [0, 0.1) is 6.92 Å². The zero-order valence-corrected chi connectivity index (χ0v) is 21.3. The molecular weight excluding hydrogens is 494 g/mol. The van der Waals surface area contributed by atoms with Crippen LogP contribution in [0.5, 0.6) is 17.4 Å². The minimum absolute atomic E-state index is 0.0283. The van der Waals surface area contributed by atoms with Crippen molar-refractivity contribution >= 4 is 22.1 Å². The molecule has 0 atom stereocenters. The summed E-state index contributed by atoms with van der Waals surface area (Å²) < 4.78 is 45.1. The van der Waals surface area contributed by atoms with E-state index in [-0.39, 0.29) is 23.2 Å². The highest BCUT2D eigenvalue weighted by Crippen LogP contribution is 2.30. The Morgan fingerprint density at radius 2 is 1.70 bits per heavy atom. The first kappa shape index (κ1) is 25.6. The number of carbonyl (C=O) groups is 1. The van der Waals surface area contributed by atoms with Crippen molar-refractivity contribution in [1.29, 1.82) is 0 Å². The SMILES string of the molecule is COc1ccc(COc2nc(-c3cccc(C=O)c3)cnc2NS(=O)(=O)c2ccc(C)cc2)cc1OC. The van der Waals surface area contributed by atoms with Gasteiger partial charge in [-0.1, -0.05) is 42.0 Å². The molecule has 0 radical (unpaired) electrons. The van der Waals surface area contributed by atoms with Crippen molar-refractivity contribution in [2.45, 2.75) is 18.4 Å². The van der Waals surface area contributed by atoms with Crippen LogP contribution in [0.2, 0.25) is 0 Å². The summed E-state index contributed by atoms with van der Waals surface area (Å²) in [5, 5.41) is 0. The maximum Gasteiger partial charge on any atom is 0.263 e. The molecule has 3 aromatic carbocycles. The fourth-order valence-electron chi connectivity index (χ4n) is 3.48. The third-order valence-corrected chi connectivity index (χ3v) is 6.80. The number of aldehydes is 1. The van der Waals surface area contributed by atoms with E-state index in [2.05, 4.69) is 14.7 Å². The molecule has 4 aromatic rings. The Morgan fingerprint density at radius 3 is 2.41 bits per heavy atom. The van der Waals surface area contributed by atoms with Crippen molar-refractivity contribution in [3.63, 3.8) is 0 Å². The van der Waals surface area contributed by atoms with Gasteiger partial charge in [0.1, 0.15) is 12.9 Å². The van der Waals surface area contributed by atoms with Gasteiger partial charge in [0.25, 0.3) is 15.9 Å². The lowest BCUT2D eigenvalue weighted by atomic mass is 10.1. The highest BCUT2D eigenvalue weighted by Gasteiger charge is 2.20. The third-order valence-electron chi connectivity index (χ3n) is 5.44. The smallest absolute Gasteiger partial charge is 0.263 e. The van der Waals surface area contributed by atoms with E-state index in [0.717, 1.165) is 17.4 Å². The number of carbonyl (C=O) groups excluding carboxylic acids is 1. The average Bonchev–Trinajstić information content (AvgIpc) is 2.92. The number of hydrogen-bond acceptors (Lipinski definition) is 8. The van der Waals surface area contributed by atoms with Crippen LogP contribution < -0.4 is 18.9 Å². The van der Waals surface area contributed by atoms with E-state index in [4.69, 9.17) is 14.2 Å². The summed E-state index contributed by atoms with van der Waals surface area (Å²) >= 11 is 0. The normalized spacial score (nSPS) is 11.0. The van der Waals surface area contributed by atoms with E-state index in [0.29, 0.717) is 28.3 Å². The summed E-state index contributed by atoms with van der Waals surface area (Å²) in [6.07, 6.45) is 2.15. The zero-order valence-electron chi connectivity index (χ0n) is 20.5. The molecule has 0 saturated carbocycles. The van der Waals surface area contributed by atoms with Crippen LogP contribution in [-0.4, -0.2) is 38.9 Å². The van der Waals surface area contributed by atoms with E-state index < -0.39 is 10.0 Å². The highest BCUT2D eigenvalue weighted by atomic mass is 32.2. The molecule has 0 amide bonds. The summed E-state index contributed by atoms with van der Waals surface area (Å²) in [7, 11) is -0.885. The molecule has 4 rings (SSSR count). The number of anilines is 1. The zero-order chi connectivity index (χ0) is 26.4. The molecule has 10 heteroatoms. The van der Waals surface area contributed by atoms with E-state index in [9.17, 15) is 13.2 Å². The Kier molecular flexibility index (Phi) is 7.69. The standard InChI is InChI=1S/C27H25N3O6S/c1-18-7-10-22(11-8-18)37(32,33)30-26-27(36-17-20-9-12-24(34-2)25(14-20)35-3)29-23(15-28-26)21-6-4-5-19(13-21)16-31/h4-16H,17H2,1-3H3,(H,28,30). The molecule has 0 spiro atoms. The minimum atomic E-state index is -3.96. The van der Waals surface area contributed by atoms with Gasteiger partial charge in [-0.2, -0.15) is 0 Å². The van der Waals surface area contributed by atoms with Crippen LogP contribution in [0.4, 0.5) is 5.82 Å². The van der Waals surface area contributed by atoms with Crippen molar-refractivity contribution < 1.29 is 27.4 Å². The fourth-order valence-corrected chi connectivity index (χ4v) is 4.49. The molecule has 0 bridgehead atoms. The number of rotatable bonds is 10. The van der Waals surface area contributed by atoms with E-state index >= 15 is 0 Å². The van der Waals surface area contributed by atoms with Gasteiger partial charge in [0.05, 0.1) is 31.0 Å². The summed E-state index contributed by atoms with van der Waals surface area (Å²) in [5.41, 5.74) is 3.17. The van der Waals surface area contributed by atoms with Gasteiger partial charge in [-0.25, -0.2) is 18.4 Å². The topological polar surface area (TPSA) is 117 Å². The lowest BCUT2D eigenvalue weighted by Crippen LogP contribution is -2.16. The molecule has 37 heavy (non-hydrogen) atoms. The summed E-state index contributed by atoms with van der Waals surface area (Å²) in [5.74, 6) is 0.986. The van der Waals surface area contributed by atoms with E-state index in [1.165, 1.54) is 25.4 Å². The molecule has 0 aliphatic carbocycles. The van der Waals surface area contributed by atoms with Crippen molar-refractivity contribution in [2.75, 3.05) is 18.9 Å². The van der Waals surface area contributed by atoms with Crippen LogP contribution in [0.25, 0.3) is 11.3 Å². The summed E-state index contributed by atoms with van der Waals surface area (Å²) in [6.45, 7) is 1.92. The van der Waals surface area contributed by atoms with Crippen LogP contribution in [0.15, 0.2) is 77.8 Å². The summed E-state index contributed by atoms with van der Waals surface area (Å²) in [6, 6.07) is 18.5. The van der Waals surface area contributed by atoms with Gasteiger partial charge in [0.2, 0.25) is 5.82 Å². The summed E-state index contributed by atoms with van der Waals surface area (Å²) in [4.78, 5) is 20.1. The number of benzene rings is 3. The first-order valence-electron chi connectivity index (χ1n) is 11.2. The lowest BCUT2D eigenvalue weighted by molar-refractivity contribution is 0.112. The Hall–Kier alpha value is -4.44. The number of sulfonamides is 1. The van der Waals surface area contributed by atoms with Crippen molar-refractivity contribution in [2.24, 2.45) is 0 Å². The number of nitrogens with one attached hydrogen (secondary N) is 1. The molecule has 0 aliphatic heterocycles. The second-order valence-corrected chi connectivity index (χ2v) is 9.73. The minimum Gasteiger partial charge on any atom is -0.493 e. The Labute approximate surface area is 215 Å². The fraction of sp³-hybridized carbons (Fsp3) is 0.148. The number of methoxy groups -OCH3 is 2. The van der Waals surface area contributed by atoms with Gasteiger partial charge in [-0.3, -0.25) is 9.52 Å². The maximum atomic E-state index is 13.0. The van der Waals surface area contributed by atoms with Crippen LogP contribution in [-0.2, 0) is 16.6 Å². The van der Waals surface area contributed by atoms with Crippen LogP contribution in [0.1, 0.15) is 21.5 Å². The molecule has 0 unspecified atom stereocenters. The van der Waals surface area contributed by atoms with Gasteiger partial charge < -0.3 is 14.2 Å². The molecule has 1 aromatic heterocycles. The number of nitrogens with zero attached hydrogens (tertiary/aromatic N) is 2. The Balaban J connectivity index is 1.69. The quantitative estimate of drug-likeness (QED) is 0.301. The Morgan fingerprint density at radius 1 is 0.946 bits per heavy atom. The first-order valence-corrected chi connectivity index (χ1v) is 12.7. The molecule has 1 heterocycles. The predicted octanol–water partition coefficient (Wildman–Crippen LogP) is 4.66. The van der Waals surface area contributed by atoms with Crippen molar-refractivity contribution in [1.82, 2.24) is 9.97 Å². The monoisotopic (exact) mass is 519 g/mol. The molecular formula is C27H25N3O6S. The number of aryl methyl sites for hydroxylation is 1. The molecule has 190 valence electrons. The molecule has 0 fully saturated rings. The molecule has 9 nitrogen and oxygen atoms in total. The van der Waals surface area contributed by atoms with Crippen LogP contribution >= 0.6 is 0 Å². The van der Waals surface area contributed by atoms with Gasteiger partial charge >= 0.3 is 0 Å². The van der Waals surface area contributed by atoms with E-state index in [1.807, 2.05) is 6.92 Å². The average molecular weight is 520 g/mol. The van der Waals surface area contributed by atoms with Gasteiger partial charge in [0.15, 0.2) is 11.5 Å². The Bertz CT molecular complexity index is 1520. The van der Waals surface area contributed by atoms with Crippen molar-refractivity contribution in [3.8, 4) is 28.6 Å². The van der Waals surface area contributed by atoms with E-state index in [1.54, 1.807) is 61.7 Å². The number of hydrogen-bond donors (Lipinski definition) is 1. The second-order valence-electron chi connectivity index (χ2n) is 8.05. The largest absolute Gasteiger partial charge is 0.493 e. The molecule has 0 saturated heterocycles. The molecule has 1 N–H and O–H groups in total. The lowest BCUT2D eigenvalue weighted by Gasteiger charge is -2.14. The molecule has 0 aliphatic rings. The first-order chi connectivity index (χ1) is 17.8. The number of aromatic nitrogens is 2. The predicted molar refractivity (Wildman–Crippen MR) is 139 cm³/mol.